The minimum Gasteiger partial charge on any atom is -0.397 e. The maximum atomic E-state index is 11.8. The summed E-state index contributed by atoms with van der Waals surface area (Å²) in [6, 6.07) is 5.00. The van der Waals surface area contributed by atoms with E-state index in [0.717, 1.165) is 0 Å². The molecule has 1 aliphatic rings. The van der Waals surface area contributed by atoms with E-state index in [-0.39, 0.29) is 18.1 Å². The molecular weight excluding hydrogens is 228 g/mol. The lowest BCUT2D eigenvalue weighted by atomic mass is 9.89. The number of halogens is 1. The van der Waals surface area contributed by atoms with Gasteiger partial charge < -0.3 is 16.2 Å². The summed E-state index contributed by atoms with van der Waals surface area (Å²) in [7, 11) is 0. The molecule has 16 heavy (non-hydrogen) atoms. The first kappa shape index (κ1) is 11.2. The number of hydrogen-bond donors (Lipinski definition) is 3. The Labute approximate surface area is 98.4 Å². The Morgan fingerprint density at radius 1 is 1.50 bits per heavy atom. The Bertz CT molecular complexity index is 416. The van der Waals surface area contributed by atoms with Crippen molar-refractivity contribution in [3.8, 4) is 0 Å². The molecule has 4 nitrogen and oxygen atoms in total. The highest BCUT2D eigenvalue weighted by Gasteiger charge is 2.29. The standard InChI is InChI=1S/C11H13ClN2O2/c12-9-3-1-2-8(10(9)13)11(16)14-6-4-7(15)5-6/h1-3,6-7,15H,4-5,13H2,(H,14,16). The van der Waals surface area contributed by atoms with E-state index in [1.807, 2.05) is 0 Å². The average molecular weight is 241 g/mol. The van der Waals surface area contributed by atoms with Gasteiger partial charge in [0.05, 0.1) is 22.4 Å². The number of amides is 1. The van der Waals surface area contributed by atoms with Crippen LogP contribution in [0.5, 0.6) is 0 Å². The van der Waals surface area contributed by atoms with Crippen molar-refractivity contribution >= 4 is 23.2 Å². The van der Waals surface area contributed by atoms with Crippen molar-refractivity contribution in [2.45, 2.75) is 25.0 Å². The van der Waals surface area contributed by atoms with Crippen molar-refractivity contribution < 1.29 is 9.90 Å². The van der Waals surface area contributed by atoms with Gasteiger partial charge in [-0.05, 0) is 25.0 Å². The maximum absolute atomic E-state index is 11.8. The molecule has 0 saturated heterocycles. The predicted octanol–water partition coefficient (Wildman–Crippen LogP) is 1.18. The van der Waals surface area contributed by atoms with Gasteiger partial charge in [-0.1, -0.05) is 17.7 Å². The summed E-state index contributed by atoms with van der Waals surface area (Å²) in [6.45, 7) is 0. The van der Waals surface area contributed by atoms with Crippen molar-refractivity contribution in [1.29, 1.82) is 0 Å². The maximum Gasteiger partial charge on any atom is 0.253 e. The number of nitrogen functional groups attached to an aromatic ring is 1. The number of carbonyl (C=O) groups is 1. The Morgan fingerprint density at radius 3 is 2.81 bits per heavy atom. The Kier molecular flexibility index (Phi) is 3.03. The normalized spacial score (nSPS) is 23.6. The van der Waals surface area contributed by atoms with Crippen LogP contribution in [0.1, 0.15) is 23.2 Å². The van der Waals surface area contributed by atoms with Crippen molar-refractivity contribution in [2.75, 3.05) is 5.73 Å². The van der Waals surface area contributed by atoms with Gasteiger partial charge in [0, 0.05) is 6.04 Å². The smallest absolute Gasteiger partial charge is 0.253 e. The lowest BCUT2D eigenvalue weighted by Crippen LogP contribution is -2.46. The van der Waals surface area contributed by atoms with Crippen LogP contribution >= 0.6 is 11.6 Å². The number of anilines is 1. The van der Waals surface area contributed by atoms with E-state index < -0.39 is 0 Å². The highest BCUT2D eigenvalue weighted by molar-refractivity contribution is 6.33. The molecule has 0 aliphatic heterocycles. The number of carbonyl (C=O) groups excluding carboxylic acids is 1. The van der Waals surface area contributed by atoms with E-state index in [9.17, 15) is 4.79 Å². The fourth-order valence-electron chi connectivity index (χ4n) is 1.70. The van der Waals surface area contributed by atoms with E-state index in [0.29, 0.717) is 29.1 Å². The third-order valence-corrected chi connectivity index (χ3v) is 3.08. The van der Waals surface area contributed by atoms with E-state index in [1.54, 1.807) is 18.2 Å². The van der Waals surface area contributed by atoms with Crippen LogP contribution in [-0.4, -0.2) is 23.2 Å². The van der Waals surface area contributed by atoms with Crippen LogP contribution in [0.3, 0.4) is 0 Å². The van der Waals surface area contributed by atoms with Crippen LogP contribution in [-0.2, 0) is 0 Å². The van der Waals surface area contributed by atoms with Crippen LogP contribution in [0.15, 0.2) is 18.2 Å². The molecule has 0 bridgehead atoms. The summed E-state index contributed by atoms with van der Waals surface area (Å²) in [5.41, 5.74) is 6.38. The number of para-hydroxylation sites is 1. The quantitative estimate of drug-likeness (QED) is 0.680. The second-order valence-corrected chi connectivity index (χ2v) is 4.40. The lowest BCUT2D eigenvalue weighted by molar-refractivity contribution is 0.0563. The number of aliphatic hydroxyl groups excluding tert-OH is 1. The fraction of sp³-hybridized carbons (Fsp3) is 0.364. The molecule has 0 heterocycles. The second kappa shape index (κ2) is 4.31. The minimum absolute atomic E-state index is 0.0425. The largest absolute Gasteiger partial charge is 0.397 e. The Balaban J connectivity index is 2.06. The van der Waals surface area contributed by atoms with Crippen LogP contribution in [0, 0.1) is 0 Å². The molecule has 5 heteroatoms. The summed E-state index contributed by atoms with van der Waals surface area (Å²) in [6.07, 6.45) is 0.917. The topological polar surface area (TPSA) is 75.4 Å². The number of rotatable bonds is 2. The molecule has 86 valence electrons. The van der Waals surface area contributed by atoms with Crippen LogP contribution in [0.4, 0.5) is 5.69 Å². The first-order valence-electron chi connectivity index (χ1n) is 5.11. The monoisotopic (exact) mass is 240 g/mol. The molecule has 1 aromatic carbocycles. The zero-order valence-electron chi connectivity index (χ0n) is 8.61. The summed E-state index contributed by atoms with van der Waals surface area (Å²) >= 11 is 5.82. The summed E-state index contributed by atoms with van der Waals surface area (Å²) in [4.78, 5) is 11.8. The van der Waals surface area contributed by atoms with Gasteiger partial charge >= 0.3 is 0 Å². The van der Waals surface area contributed by atoms with Crippen molar-refractivity contribution in [2.24, 2.45) is 0 Å². The molecule has 2 rings (SSSR count). The zero-order valence-corrected chi connectivity index (χ0v) is 9.37. The first-order chi connectivity index (χ1) is 7.58. The van der Waals surface area contributed by atoms with Gasteiger partial charge in [-0.2, -0.15) is 0 Å². The number of nitrogens with two attached hydrogens (primary N) is 1. The Hall–Kier alpha value is -1.26. The molecule has 1 saturated carbocycles. The molecular formula is C11H13ClN2O2. The Morgan fingerprint density at radius 2 is 2.19 bits per heavy atom. The van der Waals surface area contributed by atoms with Crippen molar-refractivity contribution in [3.63, 3.8) is 0 Å². The second-order valence-electron chi connectivity index (χ2n) is 4.00. The average Bonchev–Trinajstić information content (AvgIpc) is 2.19. The van der Waals surface area contributed by atoms with Crippen molar-refractivity contribution in [1.82, 2.24) is 5.32 Å². The van der Waals surface area contributed by atoms with Crippen LogP contribution in [0.2, 0.25) is 5.02 Å². The number of nitrogens with one attached hydrogen (secondary N) is 1. The third kappa shape index (κ3) is 2.13. The summed E-state index contributed by atoms with van der Waals surface area (Å²) in [5.74, 6) is -0.239. The summed E-state index contributed by atoms with van der Waals surface area (Å²) in [5, 5.41) is 12.3. The highest BCUT2D eigenvalue weighted by atomic mass is 35.5. The molecule has 1 aromatic rings. The molecule has 1 fully saturated rings. The minimum atomic E-state index is -0.290. The highest BCUT2D eigenvalue weighted by Crippen LogP contribution is 2.24. The molecule has 0 aromatic heterocycles. The van der Waals surface area contributed by atoms with Crippen LogP contribution in [0.25, 0.3) is 0 Å². The van der Waals surface area contributed by atoms with Crippen molar-refractivity contribution in [3.05, 3.63) is 28.8 Å². The van der Waals surface area contributed by atoms with E-state index >= 15 is 0 Å². The van der Waals surface area contributed by atoms with Gasteiger partial charge in [0.25, 0.3) is 5.91 Å². The molecule has 0 spiro atoms. The van der Waals surface area contributed by atoms with E-state index in [4.69, 9.17) is 22.4 Å². The fourth-order valence-corrected chi connectivity index (χ4v) is 1.88. The first-order valence-corrected chi connectivity index (χ1v) is 5.48. The summed E-state index contributed by atoms with van der Waals surface area (Å²) < 4.78 is 0. The number of hydrogen-bond acceptors (Lipinski definition) is 3. The van der Waals surface area contributed by atoms with Gasteiger partial charge in [-0.15, -0.1) is 0 Å². The van der Waals surface area contributed by atoms with E-state index in [1.165, 1.54) is 0 Å². The SMILES string of the molecule is Nc1c(Cl)cccc1C(=O)NC1CC(O)C1. The molecule has 1 amide bonds. The van der Waals surface area contributed by atoms with Gasteiger partial charge in [0.15, 0.2) is 0 Å². The number of aliphatic hydroxyl groups is 1. The van der Waals surface area contributed by atoms with Gasteiger partial charge in [0.1, 0.15) is 0 Å². The van der Waals surface area contributed by atoms with Gasteiger partial charge in [-0.3, -0.25) is 4.79 Å². The third-order valence-electron chi connectivity index (χ3n) is 2.75. The van der Waals surface area contributed by atoms with Crippen LogP contribution < -0.4 is 11.1 Å². The van der Waals surface area contributed by atoms with Gasteiger partial charge in [-0.25, -0.2) is 0 Å². The molecule has 4 N–H and O–H groups in total. The molecule has 0 unspecified atom stereocenters. The number of benzene rings is 1. The molecule has 0 radical (unpaired) electrons. The van der Waals surface area contributed by atoms with E-state index in [2.05, 4.69) is 5.32 Å². The molecule has 1 aliphatic carbocycles. The zero-order chi connectivity index (χ0) is 11.7. The lowest BCUT2D eigenvalue weighted by Gasteiger charge is -2.32. The predicted molar refractivity (Wildman–Crippen MR) is 62.4 cm³/mol. The van der Waals surface area contributed by atoms with Gasteiger partial charge in [0.2, 0.25) is 0 Å². The molecule has 0 atom stereocenters.